The Balaban J connectivity index is 0. The topological polar surface area (TPSA) is 138 Å². The second-order valence-corrected chi connectivity index (χ2v) is 2.20. The first-order valence-electron chi connectivity index (χ1n) is 3.92. The van der Waals surface area contributed by atoms with Crippen molar-refractivity contribution in [3.8, 4) is 0 Å². The maximum atomic E-state index is 10.1. The van der Waals surface area contributed by atoms with E-state index >= 15 is 0 Å². The Hall–Kier alpha value is -2.64. The van der Waals surface area contributed by atoms with Gasteiger partial charge in [0.05, 0.1) is 7.11 Å². The Bertz CT molecular complexity index is 336. The number of aliphatic carboxylic acids is 3. The predicted molar refractivity (Wildman–Crippen MR) is 53.2 cm³/mol. The SMILES string of the molecule is COC(=O)/C=C\C(=O)O.O=C(O)/C=C\C(=O)O. The van der Waals surface area contributed by atoms with Gasteiger partial charge in [-0.2, -0.15) is 0 Å². The molecule has 0 heterocycles. The number of carbonyl (C=O) groups is 4. The molecule has 17 heavy (non-hydrogen) atoms. The number of carbonyl (C=O) groups excluding carboxylic acids is 1. The van der Waals surface area contributed by atoms with Crippen LogP contribution < -0.4 is 0 Å². The average molecular weight is 246 g/mol. The highest BCUT2D eigenvalue weighted by Crippen LogP contribution is 1.76. The molecule has 0 rings (SSSR count). The van der Waals surface area contributed by atoms with E-state index in [1.165, 1.54) is 7.11 Å². The van der Waals surface area contributed by atoms with Gasteiger partial charge in [-0.05, 0) is 0 Å². The number of methoxy groups -OCH3 is 1. The van der Waals surface area contributed by atoms with Crippen molar-refractivity contribution in [2.24, 2.45) is 0 Å². The quantitative estimate of drug-likeness (QED) is 0.446. The third-order valence-electron chi connectivity index (χ3n) is 0.932. The van der Waals surface area contributed by atoms with Crippen LogP contribution in [0.4, 0.5) is 0 Å². The van der Waals surface area contributed by atoms with E-state index in [4.69, 9.17) is 15.3 Å². The molecule has 0 amide bonds. The molecule has 0 aromatic carbocycles. The molecule has 0 saturated heterocycles. The highest BCUT2D eigenvalue weighted by Gasteiger charge is 1.91. The van der Waals surface area contributed by atoms with E-state index in [0.717, 1.165) is 6.08 Å². The zero-order valence-electron chi connectivity index (χ0n) is 8.69. The van der Waals surface area contributed by atoms with Gasteiger partial charge in [-0.1, -0.05) is 0 Å². The van der Waals surface area contributed by atoms with Crippen molar-refractivity contribution in [1.82, 2.24) is 0 Å². The van der Waals surface area contributed by atoms with Crippen LogP contribution in [0.3, 0.4) is 0 Å². The largest absolute Gasteiger partial charge is 0.478 e. The third-order valence-corrected chi connectivity index (χ3v) is 0.932. The van der Waals surface area contributed by atoms with Crippen molar-refractivity contribution in [3.63, 3.8) is 0 Å². The first-order chi connectivity index (χ1) is 7.79. The normalized spacial score (nSPS) is 9.47. The van der Waals surface area contributed by atoms with Gasteiger partial charge in [0.1, 0.15) is 0 Å². The minimum Gasteiger partial charge on any atom is -0.478 e. The average Bonchev–Trinajstić information content (AvgIpc) is 2.23. The van der Waals surface area contributed by atoms with Crippen LogP contribution in [-0.2, 0) is 23.9 Å². The van der Waals surface area contributed by atoms with E-state index in [2.05, 4.69) is 4.74 Å². The molecule has 0 aromatic heterocycles. The summed E-state index contributed by atoms with van der Waals surface area (Å²) in [5.41, 5.74) is 0. The Kier molecular flexibility index (Phi) is 9.77. The maximum absolute atomic E-state index is 10.1. The molecule has 0 atom stereocenters. The number of carboxylic acid groups (broad SMARTS) is 3. The van der Waals surface area contributed by atoms with Crippen LogP contribution in [0.5, 0.6) is 0 Å². The van der Waals surface area contributed by atoms with E-state index in [0.29, 0.717) is 18.2 Å². The van der Waals surface area contributed by atoms with E-state index in [-0.39, 0.29) is 0 Å². The first-order valence-corrected chi connectivity index (χ1v) is 3.92. The zero-order valence-corrected chi connectivity index (χ0v) is 8.69. The molecule has 8 heteroatoms. The molecule has 0 aliphatic rings. The molecular formula is C9H10O8. The summed E-state index contributed by atoms with van der Waals surface area (Å²) in [5.74, 6) is -4.35. The van der Waals surface area contributed by atoms with Crippen LogP contribution in [0.2, 0.25) is 0 Å². The van der Waals surface area contributed by atoms with Crippen LogP contribution >= 0.6 is 0 Å². The first kappa shape index (κ1) is 16.8. The number of hydrogen-bond acceptors (Lipinski definition) is 5. The summed E-state index contributed by atoms with van der Waals surface area (Å²) in [6, 6.07) is 0. The molecule has 3 N–H and O–H groups in total. The van der Waals surface area contributed by atoms with E-state index in [1.54, 1.807) is 0 Å². The molecule has 0 aliphatic carbocycles. The number of ether oxygens (including phenoxy) is 1. The molecule has 0 aliphatic heterocycles. The van der Waals surface area contributed by atoms with Crippen LogP contribution in [0.25, 0.3) is 0 Å². The molecule has 0 saturated carbocycles. The molecule has 0 fully saturated rings. The lowest BCUT2D eigenvalue weighted by atomic mass is 10.5. The van der Waals surface area contributed by atoms with Crippen molar-refractivity contribution < 1.29 is 39.2 Å². The van der Waals surface area contributed by atoms with Gasteiger partial charge in [-0.3, -0.25) is 0 Å². The van der Waals surface area contributed by atoms with Crippen molar-refractivity contribution in [2.45, 2.75) is 0 Å². The second kappa shape index (κ2) is 9.90. The zero-order chi connectivity index (χ0) is 13.8. The van der Waals surface area contributed by atoms with Gasteiger partial charge < -0.3 is 20.1 Å². The van der Waals surface area contributed by atoms with Crippen LogP contribution in [0.15, 0.2) is 24.3 Å². The monoisotopic (exact) mass is 246 g/mol. The summed E-state index contributed by atoms with van der Waals surface area (Å²) in [4.78, 5) is 39.0. The second-order valence-electron chi connectivity index (χ2n) is 2.20. The van der Waals surface area contributed by atoms with Crippen molar-refractivity contribution in [1.29, 1.82) is 0 Å². The molecule has 8 nitrogen and oxygen atoms in total. The lowest BCUT2D eigenvalue weighted by Crippen LogP contribution is -1.96. The molecule has 0 spiro atoms. The lowest BCUT2D eigenvalue weighted by Gasteiger charge is -1.85. The van der Waals surface area contributed by atoms with Crippen LogP contribution in [0.1, 0.15) is 0 Å². The Morgan fingerprint density at radius 3 is 1.29 bits per heavy atom. The van der Waals surface area contributed by atoms with Gasteiger partial charge in [-0.15, -0.1) is 0 Å². The predicted octanol–water partition coefficient (Wildman–Crippen LogP) is -0.488. The van der Waals surface area contributed by atoms with Gasteiger partial charge in [0.25, 0.3) is 0 Å². The van der Waals surface area contributed by atoms with Crippen molar-refractivity contribution in [3.05, 3.63) is 24.3 Å². The molecule has 0 aromatic rings. The fraction of sp³-hybridized carbons (Fsp3) is 0.111. The minimum atomic E-state index is -1.26. The summed E-state index contributed by atoms with van der Waals surface area (Å²) in [5, 5.41) is 23.6. The number of esters is 1. The number of hydrogen-bond donors (Lipinski definition) is 3. The highest BCUT2D eigenvalue weighted by molar-refractivity contribution is 5.90. The van der Waals surface area contributed by atoms with E-state index in [1.807, 2.05) is 0 Å². The number of carboxylic acids is 3. The Morgan fingerprint density at radius 2 is 1.06 bits per heavy atom. The van der Waals surface area contributed by atoms with Crippen molar-refractivity contribution in [2.75, 3.05) is 7.11 Å². The van der Waals surface area contributed by atoms with Crippen LogP contribution in [-0.4, -0.2) is 46.3 Å². The van der Waals surface area contributed by atoms with Gasteiger partial charge in [0, 0.05) is 24.3 Å². The summed E-state index contributed by atoms with van der Waals surface area (Å²) < 4.78 is 4.11. The fourth-order valence-corrected chi connectivity index (χ4v) is 0.350. The smallest absolute Gasteiger partial charge is 0.330 e. The van der Waals surface area contributed by atoms with Gasteiger partial charge >= 0.3 is 23.9 Å². The molecule has 94 valence electrons. The molecule has 0 radical (unpaired) electrons. The Morgan fingerprint density at radius 1 is 0.765 bits per heavy atom. The summed E-state index contributed by atoms with van der Waals surface area (Å²) in [6.45, 7) is 0. The van der Waals surface area contributed by atoms with Gasteiger partial charge in [0.2, 0.25) is 0 Å². The van der Waals surface area contributed by atoms with Gasteiger partial charge in [0.15, 0.2) is 0 Å². The van der Waals surface area contributed by atoms with Crippen molar-refractivity contribution >= 4 is 23.9 Å². The molecule has 0 unspecified atom stereocenters. The number of rotatable bonds is 4. The lowest BCUT2D eigenvalue weighted by molar-refractivity contribution is -0.136. The summed E-state index contributed by atoms with van der Waals surface area (Å²) in [7, 11) is 1.18. The third kappa shape index (κ3) is 19.7. The maximum Gasteiger partial charge on any atom is 0.330 e. The molecular weight excluding hydrogens is 236 g/mol. The Labute approximate surface area is 95.4 Å². The van der Waals surface area contributed by atoms with Crippen LogP contribution in [0, 0.1) is 0 Å². The van der Waals surface area contributed by atoms with E-state index in [9.17, 15) is 19.2 Å². The standard InChI is InChI=1S/C5H6O4.C4H4O4/c1-9-5(8)3-2-4(6)7;5-3(6)1-2-4(7)8/h2-3H,1H3,(H,6,7);1-2H,(H,5,6)(H,7,8)/b3-2-;2-1-. The van der Waals surface area contributed by atoms with E-state index < -0.39 is 23.9 Å². The highest BCUT2D eigenvalue weighted by atomic mass is 16.5. The fourth-order valence-electron chi connectivity index (χ4n) is 0.350. The molecule has 0 bridgehead atoms. The van der Waals surface area contributed by atoms with Gasteiger partial charge in [-0.25, -0.2) is 19.2 Å². The summed E-state index contributed by atoms with van der Waals surface area (Å²) >= 11 is 0. The minimum absolute atomic E-state index is 0.558. The summed E-state index contributed by atoms with van der Waals surface area (Å²) in [6.07, 6.45) is 2.67.